The molecule has 7 heteroatoms. The zero-order valence-electron chi connectivity index (χ0n) is 21.3. The van der Waals surface area contributed by atoms with Gasteiger partial charge in [0, 0.05) is 23.8 Å². The number of benzene rings is 2. The first kappa shape index (κ1) is 26.7. The molecule has 1 amide bonds. The molecular formula is C29H39N3O3S. The van der Waals surface area contributed by atoms with E-state index in [0.29, 0.717) is 5.75 Å². The fraction of sp³-hybridized carbons (Fsp3) is 0.552. The van der Waals surface area contributed by atoms with Crippen LogP contribution in [0.15, 0.2) is 47.6 Å². The van der Waals surface area contributed by atoms with Gasteiger partial charge in [0.15, 0.2) is 0 Å². The maximum absolute atomic E-state index is 13.2. The van der Waals surface area contributed by atoms with Crippen LogP contribution in [0.3, 0.4) is 0 Å². The predicted octanol–water partition coefficient (Wildman–Crippen LogP) is 5.99. The third kappa shape index (κ3) is 7.10. The molecule has 36 heavy (non-hydrogen) atoms. The Hall–Kier alpha value is -2.38. The fourth-order valence-electron chi connectivity index (χ4n) is 5.32. The van der Waals surface area contributed by atoms with Gasteiger partial charge in [-0.1, -0.05) is 81.8 Å². The maximum atomic E-state index is 13.2. The van der Waals surface area contributed by atoms with E-state index >= 15 is 0 Å². The Labute approximate surface area is 220 Å². The predicted molar refractivity (Wildman–Crippen MR) is 148 cm³/mol. The molecule has 2 fully saturated rings. The monoisotopic (exact) mass is 509 g/mol. The van der Waals surface area contributed by atoms with Gasteiger partial charge in [0.1, 0.15) is 6.54 Å². The average molecular weight is 510 g/mol. The van der Waals surface area contributed by atoms with Crippen molar-refractivity contribution < 1.29 is 14.4 Å². The number of nitrogens with zero attached hydrogens (tertiary/aromatic N) is 3. The second kappa shape index (κ2) is 13.2. The van der Waals surface area contributed by atoms with Crippen LogP contribution in [0.1, 0.15) is 76.7 Å². The van der Waals surface area contributed by atoms with Crippen molar-refractivity contribution in [2.24, 2.45) is 11.0 Å². The third-order valence-electron chi connectivity index (χ3n) is 7.42. The number of fused-ring (bicyclic) bond motifs is 1. The van der Waals surface area contributed by atoms with Gasteiger partial charge >= 0.3 is 5.97 Å². The van der Waals surface area contributed by atoms with Crippen LogP contribution < -0.4 is 0 Å². The minimum atomic E-state index is -0.429. The van der Waals surface area contributed by atoms with Crippen LogP contribution in [0.4, 0.5) is 0 Å². The van der Waals surface area contributed by atoms with Gasteiger partial charge in [0.25, 0.3) is 0 Å². The van der Waals surface area contributed by atoms with Crippen LogP contribution in [0, 0.1) is 5.92 Å². The molecule has 0 aromatic heterocycles. The van der Waals surface area contributed by atoms with Gasteiger partial charge in [-0.15, -0.1) is 5.06 Å². The van der Waals surface area contributed by atoms with Gasteiger partial charge in [0.05, 0.1) is 6.21 Å². The Morgan fingerprint density at radius 1 is 0.972 bits per heavy atom. The Balaban J connectivity index is 1.49. The second-order valence-electron chi connectivity index (χ2n) is 10.2. The molecule has 0 bridgehead atoms. The topological polar surface area (TPSA) is 62.2 Å². The molecule has 2 aliphatic rings. The first-order chi connectivity index (χ1) is 17.5. The number of amides is 1. The number of thiol groups is 1. The number of hydrogen-bond acceptors (Lipinski definition) is 6. The van der Waals surface area contributed by atoms with Crippen LogP contribution in [-0.2, 0) is 14.4 Å². The van der Waals surface area contributed by atoms with Gasteiger partial charge in [-0.2, -0.15) is 17.7 Å². The highest BCUT2D eigenvalue weighted by Crippen LogP contribution is 2.30. The van der Waals surface area contributed by atoms with Crippen LogP contribution in [0.5, 0.6) is 0 Å². The van der Waals surface area contributed by atoms with E-state index in [1.807, 2.05) is 41.5 Å². The molecule has 0 aliphatic heterocycles. The van der Waals surface area contributed by atoms with Gasteiger partial charge in [-0.25, -0.2) is 9.80 Å². The highest BCUT2D eigenvalue weighted by atomic mass is 32.1. The van der Waals surface area contributed by atoms with Crippen LogP contribution in [0.25, 0.3) is 10.8 Å². The Morgan fingerprint density at radius 3 is 2.19 bits per heavy atom. The highest BCUT2D eigenvalue weighted by Gasteiger charge is 2.33. The highest BCUT2D eigenvalue weighted by molar-refractivity contribution is 7.80. The average Bonchev–Trinajstić information content (AvgIpc) is 2.94. The molecule has 0 N–H and O–H groups in total. The molecule has 0 radical (unpaired) electrons. The zero-order chi connectivity index (χ0) is 25.3. The summed E-state index contributed by atoms with van der Waals surface area (Å²) < 4.78 is 0. The van der Waals surface area contributed by atoms with E-state index in [1.165, 1.54) is 43.5 Å². The lowest BCUT2D eigenvalue weighted by molar-refractivity contribution is -0.223. The van der Waals surface area contributed by atoms with E-state index in [0.717, 1.165) is 42.0 Å². The summed E-state index contributed by atoms with van der Waals surface area (Å²) in [6.45, 7) is 1.59. The normalized spacial score (nSPS) is 18.5. The third-order valence-corrected chi connectivity index (χ3v) is 7.97. The standard InChI is InChI=1S/C29H39N3O3S/c1-22(21-36)29(34)31(30-19-23-16-17-24-10-8-9-11-25(24)18-23)20-28(33)35-32(26-12-4-2-5-13-26)27-14-6-3-7-15-27/h8-11,16-19,22,26-27,36H,2-7,12-15,20-21H2,1H3. The van der Waals surface area contributed by atoms with Crippen molar-refractivity contribution in [3.05, 3.63) is 48.0 Å². The Morgan fingerprint density at radius 2 is 1.58 bits per heavy atom. The first-order valence-electron chi connectivity index (χ1n) is 13.5. The quantitative estimate of drug-likeness (QED) is 0.256. The number of carbonyl (C=O) groups is 2. The van der Waals surface area contributed by atoms with Gasteiger partial charge in [0.2, 0.25) is 5.91 Å². The van der Waals surface area contributed by atoms with Gasteiger partial charge in [-0.3, -0.25) is 4.79 Å². The molecule has 6 nitrogen and oxygen atoms in total. The molecule has 194 valence electrons. The van der Waals surface area contributed by atoms with E-state index in [-0.39, 0.29) is 30.5 Å². The van der Waals surface area contributed by atoms with Crippen molar-refractivity contribution in [2.45, 2.75) is 83.2 Å². The summed E-state index contributed by atoms with van der Waals surface area (Å²) in [5, 5.41) is 9.93. The molecule has 4 rings (SSSR count). The van der Waals surface area contributed by atoms with Crippen molar-refractivity contribution in [2.75, 3.05) is 12.3 Å². The molecule has 0 heterocycles. The van der Waals surface area contributed by atoms with E-state index < -0.39 is 5.97 Å². The van der Waals surface area contributed by atoms with E-state index in [1.54, 1.807) is 13.1 Å². The summed E-state index contributed by atoms with van der Waals surface area (Å²) in [6, 6.07) is 14.7. The fourth-order valence-corrected chi connectivity index (χ4v) is 5.48. The lowest BCUT2D eigenvalue weighted by Crippen LogP contribution is -2.48. The molecule has 1 unspecified atom stereocenters. The number of carbonyl (C=O) groups excluding carboxylic acids is 2. The largest absolute Gasteiger partial charge is 0.366 e. The number of rotatable bonds is 9. The molecule has 0 spiro atoms. The van der Waals surface area contributed by atoms with Crippen LogP contribution in [0.2, 0.25) is 0 Å². The summed E-state index contributed by atoms with van der Waals surface area (Å²) in [6.07, 6.45) is 13.1. The molecular weight excluding hydrogens is 470 g/mol. The SMILES string of the molecule is CC(CS)C(=O)N(CC(=O)ON(C1CCCCC1)C1CCCCC1)N=Cc1ccc2ccccc2c1. The Kier molecular flexibility index (Phi) is 9.82. The number of hydrogen-bond donors (Lipinski definition) is 1. The van der Waals surface area contributed by atoms with E-state index in [2.05, 4.69) is 23.8 Å². The minimum absolute atomic E-state index is 0.211. The second-order valence-corrected chi connectivity index (χ2v) is 10.6. The van der Waals surface area contributed by atoms with Crippen LogP contribution >= 0.6 is 12.6 Å². The summed E-state index contributed by atoms with van der Waals surface area (Å²) in [7, 11) is 0. The number of hydroxylamine groups is 2. The van der Waals surface area contributed by atoms with Crippen molar-refractivity contribution >= 4 is 41.5 Å². The molecule has 2 aromatic rings. The first-order valence-corrected chi connectivity index (χ1v) is 14.1. The summed E-state index contributed by atoms with van der Waals surface area (Å²) in [4.78, 5) is 32.3. The summed E-state index contributed by atoms with van der Waals surface area (Å²) in [5.74, 6) is -0.642. The molecule has 2 saturated carbocycles. The molecule has 1 atom stereocenters. The Bertz CT molecular complexity index is 1030. The summed E-state index contributed by atoms with van der Waals surface area (Å²) >= 11 is 4.29. The molecule has 2 aliphatic carbocycles. The van der Waals surface area contributed by atoms with Crippen molar-refractivity contribution in [3.63, 3.8) is 0 Å². The van der Waals surface area contributed by atoms with Gasteiger partial charge < -0.3 is 4.84 Å². The zero-order valence-corrected chi connectivity index (χ0v) is 22.2. The molecule has 2 aromatic carbocycles. The van der Waals surface area contributed by atoms with E-state index in [9.17, 15) is 9.59 Å². The van der Waals surface area contributed by atoms with Crippen molar-refractivity contribution in [1.29, 1.82) is 0 Å². The lowest BCUT2D eigenvalue weighted by Gasteiger charge is -2.39. The lowest BCUT2D eigenvalue weighted by atomic mass is 9.90. The minimum Gasteiger partial charge on any atom is -0.366 e. The summed E-state index contributed by atoms with van der Waals surface area (Å²) in [5.41, 5.74) is 0.865. The maximum Gasteiger partial charge on any atom is 0.346 e. The number of hydrazone groups is 1. The van der Waals surface area contributed by atoms with Crippen molar-refractivity contribution in [1.82, 2.24) is 10.1 Å². The molecule has 0 saturated heterocycles. The smallest absolute Gasteiger partial charge is 0.346 e. The van der Waals surface area contributed by atoms with Gasteiger partial charge in [-0.05, 0) is 48.1 Å². The van der Waals surface area contributed by atoms with E-state index in [4.69, 9.17) is 4.84 Å². The van der Waals surface area contributed by atoms with Crippen molar-refractivity contribution in [3.8, 4) is 0 Å². The van der Waals surface area contributed by atoms with Crippen LogP contribution in [-0.4, -0.2) is 52.5 Å².